The number of hydrogen-bond acceptors (Lipinski definition) is 4. The summed E-state index contributed by atoms with van der Waals surface area (Å²) in [5.74, 6) is 0.0788. The highest BCUT2D eigenvalue weighted by Gasteiger charge is 2.10. The van der Waals surface area contributed by atoms with Crippen LogP contribution in [0.2, 0.25) is 0 Å². The van der Waals surface area contributed by atoms with Crippen LogP contribution >= 0.6 is 0 Å². The minimum Gasteiger partial charge on any atom is -0.479 e. The third kappa shape index (κ3) is 2.39. The summed E-state index contributed by atoms with van der Waals surface area (Å²) >= 11 is 0. The highest BCUT2D eigenvalue weighted by molar-refractivity contribution is 6.04. The molecular formula is C10H12N2O2. The van der Waals surface area contributed by atoms with Crippen LogP contribution in [-0.4, -0.2) is 22.9 Å². The van der Waals surface area contributed by atoms with Gasteiger partial charge in [-0.25, -0.2) is 9.97 Å². The number of allylic oxidation sites excluding steroid dienone is 2. The SMILES string of the molecule is CC/C=C/C(=O)c1nccnc1OC. The fraction of sp³-hybridized carbons (Fsp3) is 0.300. The van der Waals surface area contributed by atoms with Gasteiger partial charge in [-0.15, -0.1) is 0 Å². The van der Waals surface area contributed by atoms with Crippen LogP contribution in [0.25, 0.3) is 0 Å². The van der Waals surface area contributed by atoms with E-state index in [0.29, 0.717) is 0 Å². The topological polar surface area (TPSA) is 52.1 Å². The predicted molar refractivity (Wildman–Crippen MR) is 52.3 cm³/mol. The summed E-state index contributed by atoms with van der Waals surface area (Å²) in [6.45, 7) is 1.96. The van der Waals surface area contributed by atoms with E-state index in [2.05, 4.69) is 9.97 Å². The number of aromatic nitrogens is 2. The zero-order valence-corrected chi connectivity index (χ0v) is 8.23. The summed E-state index contributed by atoms with van der Waals surface area (Å²) in [7, 11) is 1.46. The number of carbonyl (C=O) groups excluding carboxylic acids is 1. The third-order valence-corrected chi connectivity index (χ3v) is 1.60. The van der Waals surface area contributed by atoms with E-state index in [1.165, 1.54) is 25.6 Å². The minimum atomic E-state index is -0.184. The number of ketones is 1. The van der Waals surface area contributed by atoms with Gasteiger partial charge in [0, 0.05) is 12.4 Å². The first-order valence-electron chi connectivity index (χ1n) is 4.35. The molecular weight excluding hydrogens is 180 g/mol. The summed E-state index contributed by atoms with van der Waals surface area (Å²) in [6.07, 6.45) is 7.02. The van der Waals surface area contributed by atoms with Gasteiger partial charge in [0.05, 0.1) is 7.11 Å². The van der Waals surface area contributed by atoms with Crippen molar-refractivity contribution in [3.8, 4) is 5.88 Å². The number of carbonyl (C=O) groups is 1. The number of rotatable bonds is 4. The molecule has 0 radical (unpaired) electrons. The van der Waals surface area contributed by atoms with Crippen LogP contribution in [0.5, 0.6) is 5.88 Å². The Hall–Kier alpha value is -1.71. The van der Waals surface area contributed by atoms with E-state index in [-0.39, 0.29) is 17.4 Å². The lowest BCUT2D eigenvalue weighted by Crippen LogP contribution is -2.03. The molecule has 4 nitrogen and oxygen atoms in total. The van der Waals surface area contributed by atoms with Crippen LogP contribution in [0.1, 0.15) is 23.8 Å². The van der Waals surface area contributed by atoms with Crippen molar-refractivity contribution < 1.29 is 9.53 Å². The predicted octanol–water partition coefficient (Wildman–Crippen LogP) is 1.63. The second kappa shape index (κ2) is 5.11. The summed E-state index contributed by atoms with van der Waals surface area (Å²) in [5.41, 5.74) is 0.250. The van der Waals surface area contributed by atoms with Gasteiger partial charge in [0.15, 0.2) is 5.69 Å². The van der Waals surface area contributed by atoms with Crippen LogP contribution < -0.4 is 4.74 Å². The molecule has 0 aromatic carbocycles. The van der Waals surface area contributed by atoms with Gasteiger partial charge in [-0.05, 0) is 12.5 Å². The van der Waals surface area contributed by atoms with Crippen LogP contribution in [0.15, 0.2) is 24.5 Å². The number of methoxy groups -OCH3 is 1. The van der Waals surface area contributed by atoms with E-state index < -0.39 is 0 Å². The number of nitrogens with zero attached hydrogens (tertiary/aromatic N) is 2. The summed E-state index contributed by atoms with van der Waals surface area (Å²) in [6, 6.07) is 0. The Balaban J connectivity index is 2.94. The Morgan fingerprint density at radius 3 is 2.86 bits per heavy atom. The van der Waals surface area contributed by atoms with Crippen molar-refractivity contribution in [2.75, 3.05) is 7.11 Å². The molecule has 1 aromatic heterocycles. The van der Waals surface area contributed by atoms with Crippen molar-refractivity contribution in [3.63, 3.8) is 0 Å². The smallest absolute Gasteiger partial charge is 0.243 e. The Morgan fingerprint density at radius 2 is 2.21 bits per heavy atom. The molecule has 0 aliphatic heterocycles. The Morgan fingerprint density at radius 1 is 1.50 bits per heavy atom. The van der Waals surface area contributed by atoms with Gasteiger partial charge in [-0.3, -0.25) is 4.79 Å². The van der Waals surface area contributed by atoms with E-state index in [9.17, 15) is 4.79 Å². The first-order chi connectivity index (χ1) is 6.79. The van der Waals surface area contributed by atoms with Gasteiger partial charge in [0.25, 0.3) is 0 Å². The van der Waals surface area contributed by atoms with Crippen molar-refractivity contribution in [1.29, 1.82) is 0 Å². The van der Waals surface area contributed by atoms with Crippen LogP contribution in [0, 0.1) is 0 Å². The molecule has 0 amide bonds. The van der Waals surface area contributed by atoms with E-state index >= 15 is 0 Å². The molecule has 0 saturated heterocycles. The Labute approximate surface area is 82.6 Å². The number of hydrogen-bond donors (Lipinski definition) is 0. The molecule has 0 spiro atoms. The molecule has 4 heteroatoms. The highest BCUT2D eigenvalue weighted by Crippen LogP contribution is 2.11. The lowest BCUT2D eigenvalue weighted by molar-refractivity contribution is 0.103. The lowest BCUT2D eigenvalue weighted by Gasteiger charge is -2.01. The van der Waals surface area contributed by atoms with E-state index in [4.69, 9.17) is 4.74 Å². The van der Waals surface area contributed by atoms with Gasteiger partial charge >= 0.3 is 0 Å². The maximum atomic E-state index is 11.5. The summed E-state index contributed by atoms with van der Waals surface area (Å²) in [4.78, 5) is 19.3. The first-order valence-corrected chi connectivity index (χ1v) is 4.35. The molecule has 0 saturated carbocycles. The lowest BCUT2D eigenvalue weighted by atomic mass is 10.2. The van der Waals surface area contributed by atoms with Crippen molar-refractivity contribution in [3.05, 3.63) is 30.2 Å². The third-order valence-electron chi connectivity index (χ3n) is 1.60. The molecule has 74 valence electrons. The molecule has 1 rings (SSSR count). The molecule has 0 unspecified atom stereocenters. The Kier molecular flexibility index (Phi) is 3.79. The van der Waals surface area contributed by atoms with Crippen molar-refractivity contribution in [2.24, 2.45) is 0 Å². The quantitative estimate of drug-likeness (QED) is 0.537. The molecule has 0 atom stereocenters. The molecule has 0 aliphatic rings. The molecule has 1 aromatic rings. The van der Waals surface area contributed by atoms with Gasteiger partial charge in [-0.1, -0.05) is 13.0 Å². The zero-order chi connectivity index (χ0) is 10.4. The molecule has 0 fully saturated rings. The van der Waals surface area contributed by atoms with E-state index in [0.717, 1.165) is 6.42 Å². The van der Waals surface area contributed by atoms with Crippen LogP contribution in [-0.2, 0) is 0 Å². The van der Waals surface area contributed by atoms with Gasteiger partial charge in [-0.2, -0.15) is 0 Å². The normalized spacial score (nSPS) is 10.4. The maximum absolute atomic E-state index is 11.5. The monoisotopic (exact) mass is 192 g/mol. The number of ether oxygens (including phenoxy) is 1. The van der Waals surface area contributed by atoms with Gasteiger partial charge in [0.2, 0.25) is 11.7 Å². The van der Waals surface area contributed by atoms with E-state index in [1.807, 2.05) is 6.92 Å². The molecule has 0 N–H and O–H groups in total. The highest BCUT2D eigenvalue weighted by atomic mass is 16.5. The largest absolute Gasteiger partial charge is 0.479 e. The standard InChI is InChI=1S/C10H12N2O2/c1-3-4-5-8(13)9-10(14-2)12-7-6-11-9/h4-7H,3H2,1-2H3/b5-4+. The van der Waals surface area contributed by atoms with Crippen molar-refractivity contribution in [1.82, 2.24) is 9.97 Å². The first kappa shape index (κ1) is 10.4. The summed E-state index contributed by atoms with van der Waals surface area (Å²) < 4.78 is 4.92. The van der Waals surface area contributed by atoms with Crippen molar-refractivity contribution in [2.45, 2.75) is 13.3 Å². The summed E-state index contributed by atoms with van der Waals surface area (Å²) in [5, 5.41) is 0. The second-order valence-electron chi connectivity index (χ2n) is 2.59. The van der Waals surface area contributed by atoms with Gasteiger partial charge in [0.1, 0.15) is 0 Å². The average molecular weight is 192 g/mol. The molecule has 1 heterocycles. The average Bonchev–Trinajstić information content (AvgIpc) is 2.25. The zero-order valence-electron chi connectivity index (χ0n) is 8.23. The molecule has 0 bridgehead atoms. The minimum absolute atomic E-state index is 0.184. The Bertz CT molecular complexity index is 348. The fourth-order valence-corrected chi connectivity index (χ4v) is 0.947. The van der Waals surface area contributed by atoms with E-state index in [1.54, 1.807) is 6.08 Å². The fourth-order valence-electron chi connectivity index (χ4n) is 0.947. The molecule has 0 aliphatic carbocycles. The maximum Gasteiger partial charge on any atom is 0.243 e. The second-order valence-corrected chi connectivity index (χ2v) is 2.59. The van der Waals surface area contributed by atoms with Gasteiger partial charge < -0.3 is 4.74 Å². The van der Waals surface area contributed by atoms with Crippen LogP contribution in [0.4, 0.5) is 0 Å². The van der Waals surface area contributed by atoms with Crippen molar-refractivity contribution >= 4 is 5.78 Å². The molecule has 14 heavy (non-hydrogen) atoms. The van der Waals surface area contributed by atoms with Crippen LogP contribution in [0.3, 0.4) is 0 Å².